The lowest BCUT2D eigenvalue weighted by atomic mass is 10.1. The highest BCUT2D eigenvalue weighted by Gasteiger charge is 2.24. The van der Waals surface area contributed by atoms with Gasteiger partial charge < -0.3 is 29.6 Å². The van der Waals surface area contributed by atoms with Crippen LogP contribution in [0.5, 0.6) is 17.2 Å². The Morgan fingerprint density at radius 2 is 1.49 bits per heavy atom. The summed E-state index contributed by atoms with van der Waals surface area (Å²) in [6.45, 7) is 10.0. The van der Waals surface area contributed by atoms with Crippen molar-refractivity contribution < 1.29 is 32.1 Å². The van der Waals surface area contributed by atoms with E-state index in [1.54, 1.807) is 43.2 Å². The maximum absolute atomic E-state index is 15.3. The average molecular weight is 675 g/mol. The Kier molecular flexibility index (Phi) is 13.0. The predicted octanol–water partition coefficient (Wildman–Crippen LogP) is 8.30. The molecular formula is C35H45F3N4O4S. The van der Waals surface area contributed by atoms with Gasteiger partial charge in [-0.25, -0.2) is 18.2 Å². The molecule has 0 amide bonds. The summed E-state index contributed by atoms with van der Waals surface area (Å²) in [5, 5.41) is 0.461. The number of rotatable bonds is 13. The number of nitrogens with zero attached hydrogens (tertiary/aromatic N) is 3. The third-order valence-corrected chi connectivity index (χ3v) is 7.97. The van der Waals surface area contributed by atoms with Crippen molar-refractivity contribution >= 4 is 23.3 Å². The lowest BCUT2D eigenvalue weighted by molar-refractivity contribution is -0.0293. The van der Waals surface area contributed by atoms with Crippen LogP contribution in [0.15, 0.2) is 66.0 Å². The van der Waals surface area contributed by atoms with Gasteiger partial charge in [-0.15, -0.1) is 0 Å². The quantitative estimate of drug-likeness (QED) is 0.142. The first-order valence-corrected chi connectivity index (χ1v) is 16.0. The van der Waals surface area contributed by atoms with Crippen LogP contribution in [0.25, 0.3) is 5.69 Å². The molecule has 47 heavy (non-hydrogen) atoms. The van der Waals surface area contributed by atoms with Crippen LogP contribution in [0, 0.1) is 17.5 Å². The highest BCUT2D eigenvalue weighted by molar-refractivity contribution is 7.98. The van der Waals surface area contributed by atoms with Gasteiger partial charge in [0.2, 0.25) is 0 Å². The fourth-order valence-electron chi connectivity index (χ4n) is 4.55. The van der Waals surface area contributed by atoms with E-state index in [2.05, 4.69) is 10.7 Å². The molecular weight excluding hydrogens is 629 g/mol. The van der Waals surface area contributed by atoms with Crippen LogP contribution < -0.4 is 24.8 Å². The van der Waals surface area contributed by atoms with E-state index < -0.39 is 17.2 Å². The Balaban J connectivity index is 0.00000294. The van der Waals surface area contributed by atoms with E-state index in [0.29, 0.717) is 41.2 Å². The van der Waals surface area contributed by atoms with E-state index in [0.717, 1.165) is 17.4 Å². The zero-order chi connectivity index (χ0) is 34.9. The second-order valence-electron chi connectivity index (χ2n) is 12.0. The number of halogens is 3. The number of ether oxygens (including phenoxy) is 4. The highest BCUT2D eigenvalue weighted by atomic mass is 32.2. The monoisotopic (exact) mass is 674 g/mol. The number of anilines is 2. The van der Waals surface area contributed by atoms with Gasteiger partial charge in [-0.1, -0.05) is 11.8 Å². The summed E-state index contributed by atoms with van der Waals surface area (Å²) >= 11 is 1.16. The molecule has 2 N–H and O–H groups in total. The Hall–Kier alpha value is -3.87. The molecule has 12 heteroatoms. The number of thioether (sulfide) groups is 1. The van der Waals surface area contributed by atoms with Crippen molar-refractivity contribution in [2.45, 2.75) is 63.2 Å². The molecule has 0 bridgehead atoms. The van der Waals surface area contributed by atoms with Crippen LogP contribution in [0.1, 0.15) is 46.6 Å². The van der Waals surface area contributed by atoms with Crippen LogP contribution >= 0.6 is 11.8 Å². The van der Waals surface area contributed by atoms with E-state index >= 15 is 8.78 Å². The Morgan fingerprint density at radius 3 is 2.06 bits per heavy atom. The summed E-state index contributed by atoms with van der Waals surface area (Å²) in [5.74, 6) is -0.00754. The normalized spacial score (nSPS) is 11.5. The minimum Gasteiger partial charge on any atom is -0.493 e. The van der Waals surface area contributed by atoms with Crippen molar-refractivity contribution in [1.82, 2.24) is 9.55 Å². The molecule has 0 aliphatic carbocycles. The number of hydrogen-bond acceptors (Lipinski definition) is 8. The van der Waals surface area contributed by atoms with Gasteiger partial charge in [0, 0.05) is 54.4 Å². The van der Waals surface area contributed by atoms with Crippen molar-refractivity contribution in [3.63, 3.8) is 0 Å². The minimum absolute atomic E-state index is 0.0432. The van der Waals surface area contributed by atoms with Crippen LogP contribution in [-0.2, 0) is 10.5 Å². The topological polar surface area (TPSA) is 84.0 Å². The van der Waals surface area contributed by atoms with Gasteiger partial charge in [0.05, 0.1) is 32.6 Å². The first-order chi connectivity index (χ1) is 22.2. The van der Waals surface area contributed by atoms with Gasteiger partial charge >= 0.3 is 0 Å². The summed E-state index contributed by atoms with van der Waals surface area (Å²) in [5.41, 5.74) is 4.80. The maximum atomic E-state index is 15.3. The molecule has 0 aliphatic heterocycles. The smallest absolute Gasteiger partial charge is 0.174 e. The fourth-order valence-corrected chi connectivity index (χ4v) is 5.55. The molecule has 0 saturated heterocycles. The molecule has 4 aromatic rings. The fraction of sp³-hybridized carbons (Fsp3) is 0.400. The molecule has 256 valence electrons. The Labute approximate surface area is 280 Å². The first-order valence-electron chi connectivity index (χ1n) is 15.0. The standard InChI is InChI=1S/C34H40F3N3O4S.CH5N/c1-33(2,3)43-16-15-34(4,5)44-25-18-27(36)26(28(37)19-25)21-45-32-38-20-31(40(32)23-11-9-22(35)10-12-23)39(6)24-13-14-29(41-7)30(17-24)42-8;1-2/h9-14,17-20H,15-16,21H2,1-8H3;2H2,1H3. The van der Waals surface area contributed by atoms with Gasteiger partial charge in [-0.2, -0.15) is 0 Å². The Bertz CT molecular complexity index is 1580. The van der Waals surface area contributed by atoms with Crippen LogP contribution in [-0.4, -0.2) is 55.7 Å². The van der Waals surface area contributed by atoms with Crippen molar-refractivity contribution in [2.24, 2.45) is 5.73 Å². The number of benzene rings is 3. The second kappa shape index (κ2) is 16.3. The molecule has 0 radical (unpaired) electrons. The zero-order valence-corrected chi connectivity index (χ0v) is 29.3. The lowest BCUT2D eigenvalue weighted by Crippen LogP contribution is -2.32. The molecule has 0 aliphatic rings. The predicted molar refractivity (Wildman–Crippen MR) is 182 cm³/mol. The number of aromatic nitrogens is 2. The molecule has 0 atom stereocenters. The van der Waals surface area contributed by atoms with Crippen molar-refractivity contribution in [2.75, 3.05) is 39.8 Å². The minimum atomic E-state index is -0.721. The van der Waals surface area contributed by atoms with Gasteiger partial charge in [-0.05, 0) is 78.1 Å². The van der Waals surface area contributed by atoms with E-state index in [4.69, 9.17) is 18.9 Å². The van der Waals surface area contributed by atoms with E-state index in [1.165, 1.54) is 31.3 Å². The third kappa shape index (κ3) is 10.1. The summed E-state index contributed by atoms with van der Waals surface area (Å²) in [7, 11) is 6.47. The molecule has 1 heterocycles. The summed E-state index contributed by atoms with van der Waals surface area (Å²) in [6.07, 6.45) is 2.19. The van der Waals surface area contributed by atoms with Crippen LogP contribution in [0.2, 0.25) is 0 Å². The van der Waals surface area contributed by atoms with Gasteiger partial charge in [0.15, 0.2) is 16.7 Å². The summed E-state index contributed by atoms with van der Waals surface area (Å²) < 4.78 is 68.8. The Morgan fingerprint density at radius 1 is 0.872 bits per heavy atom. The number of hydrogen-bond donors (Lipinski definition) is 1. The number of imidazole rings is 1. The van der Waals surface area contributed by atoms with Gasteiger partial charge in [0.1, 0.15) is 34.6 Å². The SMILES string of the molecule is CN.COc1ccc(N(C)c2cnc(SCc3c(F)cc(OC(C)(C)CCOC(C)(C)C)cc3F)n2-c2ccc(F)cc2)cc1OC. The van der Waals surface area contributed by atoms with E-state index in [-0.39, 0.29) is 28.5 Å². The molecule has 0 fully saturated rings. The maximum Gasteiger partial charge on any atom is 0.174 e. The first kappa shape index (κ1) is 37.6. The highest BCUT2D eigenvalue weighted by Crippen LogP contribution is 2.37. The average Bonchev–Trinajstić information content (AvgIpc) is 3.44. The van der Waals surface area contributed by atoms with Gasteiger partial charge in [-0.3, -0.25) is 4.57 Å². The molecule has 8 nitrogen and oxygen atoms in total. The van der Waals surface area contributed by atoms with Crippen LogP contribution in [0.3, 0.4) is 0 Å². The van der Waals surface area contributed by atoms with E-state index in [9.17, 15) is 4.39 Å². The van der Waals surface area contributed by atoms with Crippen molar-refractivity contribution in [3.05, 3.63) is 83.8 Å². The zero-order valence-electron chi connectivity index (χ0n) is 28.5. The lowest BCUT2D eigenvalue weighted by Gasteiger charge is -2.28. The number of methoxy groups -OCH3 is 2. The molecule has 4 rings (SSSR count). The van der Waals surface area contributed by atoms with Crippen LogP contribution in [0.4, 0.5) is 24.7 Å². The molecule has 1 aromatic heterocycles. The van der Waals surface area contributed by atoms with Crippen molar-refractivity contribution in [1.29, 1.82) is 0 Å². The third-order valence-electron chi connectivity index (χ3n) is 6.99. The molecule has 3 aromatic carbocycles. The largest absolute Gasteiger partial charge is 0.493 e. The van der Waals surface area contributed by atoms with E-state index in [1.807, 2.05) is 58.7 Å². The van der Waals surface area contributed by atoms with Gasteiger partial charge in [0.25, 0.3) is 0 Å². The number of nitrogens with two attached hydrogens (primary N) is 1. The summed E-state index contributed by atoms with van der Waals surface area (Å²) in [4.78, 5) is 6.46. The molecule has 0 spiro atoms. The molecule has 0 saturated carbocycles. The summed E-state index contributed by atoms with van der Waals surface area (Å²) in [6, 6.07) is 13.8. The molecule has 0 unspecified atom stereocenters. The second-order valence-corrected chi connectivity index (χ2v) is 13.0. The van der Waals surface area contributed by atoms with Crippen molar-refractivity contribution in [3.8, 4) is 22.9 Å².